The molecule has 2 aliphatic carbocycles. The molecular formula is C18H20N4O3. The van der Waals surface area contributed by atoms with Crippen molar-refractivity contribution in [2.24, 2.45) is 18.4 Å². The molecule has 25 heavy (non-hydrogen) atoms. The fraction of sp³-hybridized carbons (Fsp3) is 0.556. The number of nitrogens with one attached hydrogen (secondary N) is 1. The third-order valence-corrected chi connectivity index (χ3v) is 6.33. The van der Waals surface area contributed by atoms with E-state index >= 15 is 0 Å². The predicted molar refractivity (Wildman–Crippen MR) is 91.4 cm³/mol. The van der Waals surface area contributed by atoms with Crippen LogP contribution in [0.25, 0.3) is 11.0 Å². The van der Waals surface area contributed by atoms with Crippen LogP contribution in [0.2, 0.25) is 0 Å². The molecule has 1 unspecified atom stereocenters. The van der Waals surface area contributed by atoms with Crippen molar-refractivity contribution >= 4 is 16.9 Å². The lowest BCUT2D eigenvalue weighted by Crippen LogP contribution is -2.69. The molecule has 2 aromatic heterocycles. The second-order valence-electron chi connectivity index (χ2n) is 7.84. The lowest BCUT2D eigenvalue weighted by Gasteiger charge is -2.63. The molecule has 3 heterocycles. The molecule has 1 atom stereocenters. The molecule has 5 rings (SSSR count). The molecule has 7 nitrogen and oxygen atoms in total. The average molecular weight is 340 g/mol. The number of amides is 1. The minimum Gasteiger partial charge on any atom is -0.334 e. The maximum Gasteiger partial charge on any atom is 0.329 e. The van der Waals surface area contributed by atoms with Gasteiger partial charge in [-0.1, -0.05) is 6.42 Å². The van der Waals surface area contributed by atoms with Gasteiger partial charge in [0.05, 0.1) is 10.9 Å². The molecule has 0 bridgehead atoms. The van der Waals surface area contributed by atoms with Gasteiger partial charge in [-0.2, -0.15) is 0 Å². The topological polar surface area (TPSA) is 88.1 Å². The van der Waals surface area contributed by atoms with Crippen LogP contribution in [-0.4, -0.2) is 37.9 Å². The molecule has 1 aliphatic heterocycles. The summed E-state index contributed by atoms with van der Waals surface area (Å²) in [6.45, 7) is 0.828. The Morgan fingerprint density at radius 1 is 1.32 bits per heavy atom. The van der Waals surface area contributed by atoms with Crippen LogP contribution in [0.3, 0.4) is 0 Å². The number of aromatic nitrogens is 3. The monoisotopic (exact) mass is 340 g/mol. The molecular weight excluding hydrogens is 320 g/mol. The van der Waals surface area contributed by atoms with Crippen molar-refractivity contribution in [3.63, 3.8) is 0 Å². The molecule has 1 saturated heterocycles. The van der Waals surface area contributed by atoms with E-state index in [1.807, 2.05) is 4.90 Å². The molecule has 1 spiro atoms. The first-order valence-electron chi connectivity index (χ1n) is 8.90. The fourth-order valence-corrected chi connectivity index (χ4v) is 4.72. The van der Waals surface area contributed by atoms with Crippen LogP contribution in [0, 0.1) is 11.3 Å². The van der Waals surface area contributed by atoms with Crippen LogP contribution in [0.15, 0.2) is 21.9 Å². The Balaban J connectivity index is 1.52. The summed E-state index contributed by atoms with van der Waals surface area (Å²) in [7, 11) is 1.55. The van der Waals surface area contributed by atoms with Gasteiger partial charge < -0.3 is 4.90 Å². The van der Waals surface area contributed by atoms with Crippen LogP contribution >= 0.6 is 0 Å². The molecule has 3 fully saturated rings. The number of rotatable bonds is 2. The fourth-order valence-electron chi connectivity index (χ4n) is 4.72. The number of pyridine rings is 1. The summed E-state index contributed by atoms with van der Waals surface area (Å²) in [5, 5.41) is 0.273. The number of carbonyl (C=O) groups excluding carboxylic acids is 1. The van der Waals surface area contributed by atoms with Crippen molar-refractivity contribution in [2.75, 3.05) is 6.54 Å². The molecule has 2 aromatic rings. The number of carbonyl (C=O) groups is 1. The van der Waals surface area contributed by atoms with E-state index in [1.165, 1.54) is 42.9 Å². The van der Waals surface area contributed by atoms with E-state index in [2.05, 4.69) is 9.97 Å². The number of likely N-dealkylation sites (tertiary alicyclic amines) is 1. The highest BCUT2D eigenvalue weighted by Crippen LogP contribution is 2.59. The standard InChI is InChI=1S/C18H20N4O3/c1-21-14-12(15(23)20-17(21)25)7-11(8-19-14)16(24)22-9-18(5-2-6-18)13(22)10-3-4-10/h7-8,10,13H,2-6,9H2,1H3,(H,20,23,25). The SMILES string of the molecule is Cn1c(=O)[nH]c(=O)c2cc(C(=O)N3CC4(CCC4)C3C3CC3)cnc21. The highest BCUT2D eigenvalue weighted by atomic mass is 16.2. The van der Waals surface area contributed by atoms with Gasteiger partial charge in [0.25, 0.3) is 11.5 Å². The van der Waals surface area contributed by atoms with Gasteiger partial charge in [0.15, 0.2) is 0 Å². The zero-order chi connectivity index (χ0) is 17.3. The van der Waals surface area contributed by atoms with E-state index in [0.717, 1.165) is 6.54 Å². The van der Waals surface area contributed by atoms with Crippen molar-refractivity contribution in [3.8, 4) is 0 Å². The van der Waals surface area contributed by atoms with Gasteiger partial charge in [-0.05, 0) is 37.7 Å². The largest absolute Gasteiger partial charge is 0.334 e. The summed E-state index contributed by atoms with van der Waals surface area (Å²) >= 11 is 0. The van der Waals surface area contributed by atoms with E-state index in [9.17, 15) is 14.4 Å². The van der Waals surface area contributed by atoms with Crippen molar-refractivity contribution in [3.05, 3.63) is 38.7 Å². The zero-order valence-electron chi connectivity index (χ0n) is 14.1. The first-order valence-corrected chi connectivity index (χ1v) is 8.90. The Morgan fingerprint density at radius 2 is 2.08 bits per heavy atom. The van der Waals surface area contributed by atoms with Crippen molar-refractivity contribution < 1.29 is 4.79 Å². The minimum absolute atomic E-state index is 0.0444. The molecule has 7 heteroatoms. The number of hydrogen-bond acceptors (Lipinski definition) is 4. The second kappa shape index (κ2) is 4.80. The summed E-state index contributed by atoms with van der Waals surface area (Å²) in [6, 6.07) is 1.93. The molecule has 0 radical (unpaired) electrons. The summed E-state index contributed by atoms with van der Waals surface area (Å²) in [4.78, 5) is 45.2. The second-order valence-corrected chi connectivity index (χ2v) is 7.84. The molecule has 2 saturated carbocycles. The van der Waals surface area contributed by atoms with Gasteiger partial charge in [-0.3, -0.25) is 19.1 Å². The minimum atomic E-state index is -0.507. The van der Waals surface area contributed by atoms with Gasteiger partial charge in [0.1, 0.15) is 5.65 Å². The number of nitrogens with zero attached hydrogens (tertiary/aromatic N) is 3. The molecule has 130 valence electrons. The third kappa shape index (κ3) is 1.98. The average Bonchev–Trinajstić information content (AvgIpc) is 3.34. The predicted octanol–water partition coefficient (Wildman–Crippen LogP) is 1.03. The highest BCUT2D eigenvalue weighted by Gasteiger charge is 2.61. The Morgan fingerprint density at radius 3 is 2.72 bits per heavy atom. The lowest BCUT2D eigenvalue weighted by atomic mass is 9.56. The third-order valence-electron chi connectivity index (χ3n) is 6.33. The van der Waals surface area contributed by atoms with Crippen molar-refractivity contribution in [2.45, 2.75) is 38.1 Å². The first-order chi connectivity index (χ1) is 12.0. The van der Waals surface area contributed by atoms with Crippen molar-refractivity contribution in [1.82, 2.24) is 19.4 Å². The van der Waals surface area contributed by atoms with Gasteiger partial charge in [0.2, 0.25) is 0 Å². The van der Waals surface area contributed by atoms with Crippen LogP contribution in [0.1, 0.15) is 42.5 Å². The van der Waals surface area contributed by atoms with E-state index < -0.39 is 11.2 Å². The molecule has 0 aromatic carbocycles. The summed E-state index contributed by atoms with van der Waals surface area (Å²) in [6.07, 6.45) is 7.65. The van der Waals surface area contributed by atoms with Crippen LogP contribution in [-0.2, 0) is 7.05 Å². The van der Waals surface area contributed by atoms with E-state index in [0.29, 0.717) is 28.6 Å². The number of fused-ring (bicyclic) bond motifs is 1. The van der Waals surface area contributed by atoms with E-state index in [1.54, 1.807) is 13.1 Å². The number of hydrogen-bond donors (Lipinski definition) is 1. The maximum atomic E-state index is 13.0. The van der Waals surface area contributed by atoms with Crippen LogP contribution in [0.5, 0.6) is 0 Å². The number of aryl methyl sites for hydroxylation is 1. The molecule has 1 N–H and O–H groups in total. The lowest BCUT2D eigenvalue weighted by molar-refractivity contribution is -0.111. The van der Waals surface area contributed by atoms with Gasteiger partial charge in [0, 0.05) is 31.2 Å². The molecule has 3 aliphatic rings. The Hall–Kier alpha value is -2.44. The van der Waals surface area contributed by atoms with Gasteiger partial charge in [-0.25, -0.2) is 9.78 Å². The number of aromatic amines is 1. The normalized spacial score (nSPS) is 24.2. The Kier molecular flexibility index (Phi) is 2.86. The highest BCUT2D eigenvalue weighted by molar-refractivity contribution is 5.97. The van der Waals surface area contributed by atoms with E-state index in [-0.39, 0.29) is 11.3 Å². The van der Waals surface area contributed by atoms with Crippen LogP contribution in [0.4, 0.5) is 0 Å². The smallest absolute Gasteiger partial charge is 0.329 e. The van der Waals surface area contributed by atoms with Gasteiger partial charge in [-0.15, -0.1) is 0 Å². The summed E-state index contributed by atoms with van der Waals surface area (Å²) in [5.74, 6) is 0.604. The first kappa shape index (κ1) is 14.9. The zero-order valence-corrected chi connectivity index (χ0v) is 14.1. The van der Waals surface area contributed by atoms with Crippen molar-refractivity contribution in [1.29, 1.82) is 0 Å². The van der Waals surface area contributed by atoms with E-state index in [4.69, 9.17) is 0 Å². The quantitative estimate of drug-likeness (QED) is 0.884. The number of H-pyrrole nitrogens is 1. The Bertz CT molecular complexity index is 1010. The van der Waals surface area contributed by atoms with Gasteiger partial charge >= 0.3 is 5.69 Å². The van der Waals surface area contributed by atoms with Crippen LogP contribution < -0.4 is 11.2 Å². The summed E-state index contributed by atoms with van der Waals surface area (Å²) in [5.41, 5.74) is 0.0767. The Labute approximate surface area is 143 Å². The maximum absolute atomic E-state index is 13.0. The summed E-state index contributed by atoms with van der Waals surface area (Å²) < 4.78 is 1.28. The molecule has 1 amide bonds.